The minimum atomic E-state index is -0.308. The molecule has 0 aliphatic heterocycles. The van der Waals surface area contributed by atoms with Crippen LogP contribution < -0.4 is 5.73 Å². The van der Waals surface area contributed by atoms with Gasteiger partial charge in [-0.05, 0) is 13.8 Å². The summed E-state index contributed by atoms with van der Waals surface area (Å²) in [5.41, 5.74) is 6.10. The number of nitrogens with zero attached hydrogens (tertiary/aromatic N) is 1. The highest BCUT2D eigenvalue weighted by Gasteiger charge is 2.15. The van der Waals surface area contributed by atoms with Gasteiger partial charge in [-0.1, -0.05) is 0 Å². The molecule has 72 valence electrons. The summed E-state index contributed by atoms with van der Waals surface area (Å²) in [5, 5.41) is 0.764. The molecule has 0 spiro atoms. The van der Waals surface area contributed by atoms with Crippen molar-refractivity contribution in [3.05, 3.63) is 15.6 Å². The first-order valence-corrected chi connectivity index (χ1v) is 4.84. The SMILES string of the molecule is CCOC(=O)c1sc(CN)nc1C. The molecule has 1 heterocycles. The number of esters is 1. The molecule has 0 radical (unpaired) electrons. The summed E-state index contributed by atoms with van der Waals surface area (Å²) in [6.45, 7) is 4.30. The Balaban J connectivity index is 2.87. The molecular formula is C8H12N2O2S. The van der Waals surface area contributed by atoms with Crippen LogP contribution in [-0.2, 0) is 11.3 Å². The number of hydrogen-bond donors (Lipinski definition) is 1. The molecule has 0 fully saturated rings. The topological polar surface area (TPSA) is 65.2 Å². The quantitative estimate of drug-likeness (QED) is 0.742. The monoisotopic (exact) mass is 200 g/mol. The van der Waals surface area contributed by atoms with E-state index in [0.29, 0.717) is 23.7 Å². The molecule has 0 aliphatic rings. The van der Waals surface area contributed by atoms with Crippen LogP contribution in [0.1, 0.15) is 27.3 Å². The Kier molecular flexibility index (Phi) is 3.39. The Morgan fingerprint density at radius 1 is 1.69 bits per heavy atom. The molecular weight excluding hydrogens is 188 g/mol. The van der Waals surface area contributed by atoms with Crippen LogP contribution in [0.3, 0.4) is 0 Å². The summed E-state index contributed by atoms with van der Waals surface area (Å²) in [4.78, 5) is 16.0. The largest absolute Gasteiger partial charge is 0.462 e. The highest BCUT2D eigenvalue weighted by atomic mass is 32.1. The van der Waals surface area contributed by atoms with Crippen molar-refractivity contribution in [2.45, 2.75) is 20.4 Å². The smallest absolute Gasteiger partial charge is 0.350 e. The van der Waals surface area contributed by atoms with Crippen molar-refractivity contribution in [3.8, 4) is 0 Å². The Labute approximate surface area is 80.7 Å². The van der Waals surface area contributed by atoms with Crippen LogP contribution in [0.4, 0.5) is 0 Å². The Hall–Kier alpha value is -0.940. The maximum atomic E-state index is 11.3. The van der Waals surface area contributed by atoms with Gasteiger partial charge in [0.15, 0.2) is 0 Å². The fraction of sp³-hybridized carbons (Fsp3) is 0.500. The van der Waals surface area contributed by atoms with Crippen LogP contribution in [-0.4, -0.2) is 17.6 Å². The minimum absolute atomic E-state index is 0.308. The van der Waals surface area contributed by atoms with E-state index in [9.17, 15) is 4.79 Å². The zero-order chi connectivity index (χ0) is 9.84. The van der Waals surface area contributed by atoms with Gasteiger partial charge in [0, 0.05) is 6.54 Å². The number of rotatable bonds is 3. The number of carbonyl (C=O) groups excluding carboxylic acids is 1. The van der Waals surface area contributed by atoms with Crippen molar-refractivity contribution in [2.24, 2.45) is 5.73 Å². The highest BCUT2D eigenvalue weighted by Crippen LogP contribution is 2.18. The summed E-state index contributed by atoms with van der Waals surface area (Å²) in [5.74, 6) is -0.308. The van der Waals surface area contributed by atoms with Gasteiger partial charge >= 0.3 is 5.97 Å². The first kappa shape index (κ1) is 10.1. The molecule has 13 heavy (non-hydrogen) atoms. The number of aromatic nitrogens is 1. The van der Waals surface area contributed by atoms with Gasteiger partial charge in [-0.25, -0.2) is 9.78 Å². The first-order chi connectivity index (χ1) is 6.19. The second-order valence-electron chi connectivity index (χ2n) is 2.45. The zero-order valence-electron chi connectivity index (χ0n) is 7.66. The average Bonchev–Trinajstić information content (AvgIpc) is 2.47. The van der Waals surface area contributed by atoms with Gasteiger partial charge in [-0.15, -0.1) is 11.3 Å². The molecule has 1 aromatic heterocycles. The fourth-order valence-electron chi connectivity index (χ4n) is 0.926. The number of nitrogens with two attached hydrogens (primary N) is 1. The molecule has 0 amide bonds. The molecule has 0 bridgehead atoms. The molecule has 0 unspecified atom stereocenters. The third-order valence-corrected chi connectivity index (χ3v) is 2.64. The molecule has 0 aliphatic carbocycles. The molecule has 5 heteroatoms. The lowest BCUT2D eigenvalue weighted by molar-refractivity contribution is 0.0531. The molecule has 0 saturated carbocycles. The molecule has 1 rings (SSSR count). The standard InChI is InChI=1S/C8H12N2O2S/c1-3-12-8(11)7-5(2)10-6(4-9)13-7/h3-4,9H2,1-2H3. The van der Waals surface area contributed by atoms with Crippen molar-refractivity contribution in [3.63, 3.8) is 0 Å². The molecule has 0 atom stereocenters. The lowest BCUT2D eigenvalue weighted by Gasteiger charge is -1.97. The second kappa shape index (κ2) is 4.34. The van der Waals surface area contributed by atoms with E-state index in [1.54, 1.807) is 13.8 Å². The van der Waals surface area contributed by atoms with Crippen molar-refractivity contribution in [1.82, 2.24) is 4.98 Å². The molecule has 1 aromatic rings. The molecule has 2 N–H and O–H groups in total. The van der Waals surface area contributed by atoms with Crippen LogP contribution >= 0.6 is 11.3 Å². The number of hydrogen-bond acceptors (Lipinski definition) is 5. The predicted octanol–water partition coefficient (Wildman–Crippen LogP) is 1.09. The molecule has 0 aromatic carbocycles. The minimum Gasteiger partial charge on any atom is -0.462 e. The molecule has 4 nitrogen and oxygen atoms in total. The Morgan fingerprint density at radius 3 is 2.85 bits per heavy atom. The predicted molar refractivity (Wildman–Crippen MR) is 50.7 cm³/mol. The van der Waals surface area contributed by atoms with Gasteiger partial charge in [0.05, 0.1) is 12.3 Å². The molecule has 0 saturated heterocycles. The van der Waals surface area contributed by atoms with E-state index in [1.165, 1.54) is 11.3 Å². The van der Waals surface area contributed by atoms with E-state index >= 15 is 0 Å². The second-order valence-corrected chi connectivity index (χ2v) is 3.53. The number of ether oxygens (including phenoxy) is 1. The Bertz CT molecular complexity index is 309. The lowest BCUT2D eigenvalue weighted by Crippen LogP contribution is -2.03. The van der Waals surface area contributed by atoms with Crippen molar-refractivity contribution in [1.29, 1.82) is 0 Å². The summed E-state index contributed by atoms with van der Waals surface area (Å²) in [6.07, 6.45) is 0. The number of carbonyl (C=O) groups is 1. The average molecular weight is 200 g/mol. The summed E-state index contributed by atoms with van der Waals surface area (Å²) in [6, 6.07) is 0. The van der Waals surface area contributed by atoms with Crippen molar-refractivity contribution in [2.75, 3.05) is 6.61 Å². The maximum Gasteiger partial charge on any atom is 0.350 e. The third kappa shape index (κ3) is 2.26. The summed E-state index contributed by atoms with van der Waals surface area (Å²) >= 11 is 1.30. The normalized spacial score (nSPS) is 10.1. The van der Waals surface area contributed by atoms with Gasteiger partial charge in [-0.2, -0.15) is 0 Å². The van der Waals surface area contributed by atoms with E-state index in [4.69, 9.17) is 10.5 Å². The summed E-state index contributed by atoms with van der Waals surface area (Å²) < 4.78 is 4.86. The third-order valence-electron chi connectivity index (χ3n) is 1.48. The van der Waals surface area contributed by atoms with Crippen molar-refractivity contribution < 1.29 is 9.53 Å². The van der Waals surface area contributed by atoms with Crippen LogP contribution in [0.5, 0.6) is 0 Å². The van der Waals surface area contributed by atoms with E-state index < -0.39 is 0 Å². The van der Waals surface area contributed by atoms with Crippen LogP contribution in [0.25, 0.3) is 0 Å². The van der Waals surface area contributed by atoms with E-state index in [-0.39, 0.29) is 5.97 Å². The van der Waals surface area contributed by atoms with E-state index in [0.717, 1.165) is 5.01 Å². The lowest BCUT2D eigenvalue weighted by atomic mass is 10.4. The van der Waals surface area contributed by atoms with Gasteiger partial charge in [0.1, 0.15) is 9.88 Å². The zero-order valence-corrected chi connectivity index (χ0v) is 8.48. The van der Waals surface area contributed by atoms with Crippen LogP contribution in [0, 0.1) is 6.92 Å². The van der Waals surface area contributed by atoms with Gasteiger partial charge < -0.3 is 10.5 Å². The van der Waals surface area contributed by atoms with Crippen LogP contribution in [0.2, 0.25) is 0 Å². The van der Waals surface area contributed by atoms with Gasteiger partial charge in [0.25, 0.3) is 0 Å². The fourth-order valence-corrected chi connectivity index (χ4v) is 1.76. The van der Waals surface area contributed by atoms with Crippen molar-refractivity contribution >= 4 is 17.3 Å². The van der Waals surface area contributed by atoms with Crippen LogP contribution in [0.15, 0.2) is 0 Å². The summed E-state index contributed by atoms with van der Waals surface area (Å²) in [7, 11) is 0. The highest BCUT2D eigenvalue weighted by molar-refractivity contribution is 7.13. The van der Waals surface area contributed by atoms with E-state index in [1.807, 2.05) is 0 Å². The van der Waals surface area contributed by atoms with E-state index in [2.05, 4.69) is 4.98 Å². The Morgan fingerprint density at radius 2 is 2.38 bits per heavy atom. The number of thiazole rings is 1. The number of aryl methyl sites for hydroxylation is 1. The first-order valence-electron chi connectivity index (χ1n) is 4.02. The maximum absolute atomic E-state index is 11.3. The van der Waals surface area contributed by atoms with Gasteiger partial charge in [-0.3, -0.25) is 0 Å². The van der Waals surface area contributed by atoms with Gasteiger partial charge in [0.2, 0.25) is 0 Å².